The monoisotopic (exact) mass is 303 g/mol. The van der Waals surface area contributed by atoms with Gasteiger partial charge in [-0.1, -0.05) is 6.92 Å². The van der Waals surface area contributed by atoms with E-state index in [1.807, 2.05) is 4.90 Å². The summed E-state index contributed by atoms with van der Waals surface area (Å²) in [4.78, 5) is 28.8. The molecular formula is C15H21N5O2. The molecule has 2 aromatic heterocycles. The van der Waals surface area contributed by atoms with Gasteiger partial charge in [0, 0.05) is 32.4 Å². The van der Waals surface area contributed by atoms with Crippen LogP contribution < -0.4 is 5.56 Å². The zero-order valence-electron chi connectivity index (χ0n) is 12.8. The van der Waals surface area contributed by atoms with Gasteiger partial charge in [0.05, 0.1) is 0 Å². The minimum atomic E-state index is -0.231. The standard InChI is InChI=1S/C15H21N5O2/c1-2-5-17-7-9-18(10-8-17)14(21)11-20-15(22)13-4-3-6-19(13)12-16-20/h3-4,6,12H,2,5,7-11H2,1H3. The summed E-state index contributed by atoms with van der Waals surface area (Å²) in [7, 11) is 0. The average Bonchev–Trinajstić information content (AvgIpc) is 3.00. The van der Waals surface area contributed by atoms with Crippen molar-refractivity contribution in [1.29, 1.82) is 0 Å². The fraction of sp³-hybridized carbons (Fsp3) is 0.533. The first-order valence-corrected chi connectivity index (χ1v) is 7.72. The molecule has 7 heteroatoms. The maximum Gasteiger partial charge on any atom is 0.291 e. The van der Waals surface area contributed by atoms with Gasteiger partial charge in [0.1, 0.15) is 18.4 Å². The van der Waals surface area contributed by atoms with Gasteiger partial charge < -0.3 is 9.30 Å². The molecule has 3 rings (SSSR count). The van der Waals surface area contributed by atoms with E-state index in [2.05, 4.69) is 16.9 Å². The highest BCUT2D eigenvalue weighted by atomic mass is 16.2. The Hall–Kier alpha value is -2.15. The van der Waals surface area contributed by atoms with Gasteiger partial charge in [0.25, 0.3) is 5.56 Å². The van der Waals surface area contributed by atoms with Crippen LogP contribution in [0, 0.1) is 0 Å². The van der Waals surface area contributed by atoms with Crippen molar-refractivity contribution in [3.63, 3.8) is 0 Å². The second-order valence-corrected chi connectivity index (χ2v) is 5.62. The smallest absolute Gasteiger partial charge is 0.291 e. The number of aromatic nitrogens is 3. The topological polar surface area (TPSA) is 62.9 Å². The molecular weight excluding hydrogens is 282 g/mol. The first-order chi connectivity index (χ1) is 10.7. The predicted molar refractivity (Wildman–Crippen MR) is 82.8 cm³/mol. The summed E-state index contributed by atoms with van der Waals surface area (Å²) < 4.78 is 2.91. The number of hydrogen-bond acceptors (Lipinski definition) is 4. The molecule has 1 saturated heterocycles. The maximum absolute atomic E-state index is 12.4. The molecule has 0 bridgehead atoms. The molecule has 3 heterocycles. The predicted octanol–water partition coefficient (Wildman–Crippen LogP) is 0.0502. The van der Waals surface area contributed by atoms with Crippen LogP contribution in [0.15, 0.2) is 29.5 Å². The van der Waals surface area contributed by atoms with Crippen molar-refractivity contribution in [2.45, 2.75) is 19.9 Å². The number of carbonyl (C=O) groups excluding carboxylic acids is 1. The number of piperazine rings is 1. The Morgan fingerprint density at radius 3 is 2.77 bits per heavy atom. The van der Waals surface area contributed by atoms with E-state index in [9.17, 15) is 9.59 Å². The third-order valence-electron chi connectivity index (χ3n) is 4.10. The van der Waals surface area contributed by atoms with Crippen LogP contribution in [0.25, 0.3) is 5.52 Å². The van der Waals surface area contributed by atoms with E-state index < -0.39 is 0 Å². The number of hydrogen-bond donors (Lipinski definition) is 0. The van der Waals surface area contributed by atoms with Gasteiger partial charge in [-0.15, -0.1) is 0 Å². The highest BCUT2D eigenvalue weighted by molar-refractivity contribution is 5.76. The van der Waals surface area contributed by atoms with Crippen LogP contribution in [0.5, 0.6) is 0 Å². The molecule has 1 aliphatic rings. The van der Waals surface area contributed by atoms with E-state index in [0.717, 1.165) is 39.1 Å². The third kappa shape index (κ3) is 2.89. The SMILES string of the molecule is CCCN1CCN(C(=O)Cn2ncn3cccc3c2=O)CC1. The lowest BCUT2D eigenvalue weighted by Gasteiger charge is -2.34. The number of fused-ring (bicyclic) bond motifs is 1. The molecule has 1 amide bonds. The van der Waals surface area contributed by atoms with E-state index in [1.165, 1.54) is 4.68 Å². The van der Waals surface area contributed by atoms with Crippen LogP contribution in [0.1, 0.15) is 13.3 Å². The van der Waals surface area contributed by atoms with Crippen molar-refractivity contribution in [2.24, 2.45) is 0 Å². The highest BCUT2D eigenvalue weighted by Crippen LogP contribution is 2.04. The quantitative estimate of drug-likeness (QED) is 0.801. The molecule has 7 nitrogen and oxygen atoms in total. The number of carbonyl (C=O) groups is 1. The first kappa shape index (κ1) is 14.8. The van der Waals surface area contributed by atoms with E-state index >= 15 is 0 Å². The van der Waals surface area contributed by atoms with Crippen LogP contribution in [-0.4, -0.2) is 62.6 Å². The summed E-state index contributed by atoms with van der Waals surface area (Å²) in [5.41, 5.74) is 0.307. The van der Waals surface area contributed by atoms with Crippen molar-refractivity contribution in [2.75, 3.05) is 32.7 Å². The molecule has 0 saturated carbocycles. The Balaban J connectivity index is 1.66. The van der Waals surface area contributed by atoms with Gasteiger partial charge in [-0.05, 0) is 25.1 Å². The number of nitrogens with zero attached hydrogens (tertiary/aromatic N) is 5. The minimum absolute atomic E-state index is 0.00823. The van der Waals surface area contributed by atoms with Crippen LogP contribution in [0.4, 0.5) is 0 Å². The summed E-state index contributed by atoms with van der Waals surface area (Å²) >= 11 is 0. The average molecular weight is 303 g/mol. The van der Waals surface area contributed by atoms with Crippen LogP contribution in [-0.2, 0) is 11.3 Å². The van der Waals surface area contributed by atoms with Crippen molar-refractivity contribution >= 4 is 11.4 Å². The van der Waals surface area contributed by atoms with Gasteiger partial charge in [-0.2, -0.15) is 5.10 Å². The lowest BCUT2D eigenvalue weighted by Crippen LogP contribution is -2.50. The van der Waals surface area contributed by atoms with Crippen LogP contribution in [0.2, 0.25) is 0 Å². The third-order valence-corrected chi connectivity index (χ3v) is 4.10. The normalized spacial score (nSPS) is 16.3. The molecule has 1 aliphatic heterocycles. The van der Waals surface area contributed by atoms with Gasteiger partial charge in [-0.3, -0.25) is 14.5 Å². The van der Waals surface area contributed by atoms with Crippen molar-refractivity contribution < 1.29 is 4.79 Å². The van der Waals surface area contributed by atoms with Crippen LogP contribution >= 0.6 is 0 Å². The molecule has 0 aliphatic carbocycles. The van der Waals surface area contributed by atoms with E-state index in [4.69, 9.17) is 0 Å². The maximum atomic E-state index is 12.4. The number of amides is 1. The second kappa shape index (κ2) is 6.31. The van der Waals surface area contributed by atoms with Gasteiger partial charge >= 0.3 is 0 Å². The second-order valence-electron chi connectivity index (χ2n) is 5.62. The Bertz CT molecular complexity index is 712. The largest absolute Gasteiger partial charge is 0.339 e. The summed E-state index contributed by atoms with van der Waals surface area (Å²) in [5, 5.41) is 4.07. The van der Waals surface area contributed by atoms with Gasteiger partial charge in [0.2, 0.25) is 5.91 Å². The van der Waals surface area contributed by atoms with Gasteiger partial charge in [-0.25, -0.2) is 4.68 Å². The molecule has 0 aromatic carbocycles. The molecule has 0 unspecified atom stereocenters. The summed E-state index contributed by atoms with van der Waals surface area (Å²) in [6, 6.07) is 3.52. The fourth-order valence-corrected chi connectivity index (χ4v) is 2.86. The summed E-state index contributed by atoms with van der Waals surface area (Å²) in [5.74, 6) is -0.0401. The van der Waals surface area contributed by atoms with Crippen molar-refractivity contribution in [1.82, 2.24) is 24.0 Å². The molecule has 1 fully saturated rings. The Labute approximate surface area is 128 Å². The molecule has 0 N–H and O–H groups in total. The lowest BCUT2D eigenvalue weighted by molar-refractivity contribution is -0.133. The molecule has 0 atom stereocenters. The molecule has 0 radical (unpaired) electrons. The Kier molecular flexibility index (Phi) is 4.24. The number of rotatable bonds is 4. The summed E-state index contributed by atoms with van der Waals surface area (Å²) in [6.07, 6.45) is 4.45. The summed E-state index contributed by atoms with van der Waals surface area (Å²) in [6.45, 7) is 6.50. The highest BCUT2D eigenvalue weighted by Gasteiger charge is 2.21. The molecule has 0 spiro atoms. The van der Waals surface area contributed by atoms with E-state index in [1.54, 1.807) is 29.1 Å². The fourth-order valence-electron chi connectivity index (χ4n) is 2.86. The van der Waals surface area contributed by atoms with Crippen LogP contribution in [0.3, 0.4) is 0 Å². The van der Waals surface area contributed by atoms with Crippen molar-refractivity contribution in [3.8, 4) is 0 Å². The van der Waals surface area contributed by atoms with Crippen molar-refractivity contribution in [3.05, 3.63) is 35.0 Å². The first-order valence-electron chi connectivity index (χ1n) is 7.72. The van der Waals surface area contributed by atoms with E-state index in [0.29, 0.717) is 5.52 Å². The van der Waals surface area contributed by atoms with Gasteiger partial charge in [0.15, 0.2) is 0 Å². The molecule has 22 heavy (non-hydrogen) atoms. The zero-order chi connectivity index (χ0) is 15.5. The zero-order valence-corrected chi connectivity index (χ0v) is 12.8. The Morgan fingerprint density at radius 2 is 2.05 bits per heavy atom. The van der Waals surface area contributed by atoms with E-state index in [-0.39, 0.29) is 18.0 Å². The Morgan fingerprint density at radius 1 is 1.27 bits per heavy atom. The molecule has 2 aromatic rings. The minimum Gasteiger partial charge on any atom is -0.339 e. The molecule has 118 valence electrons. The lowest BCUT2D eigenvalue weighted by atomic mass is 10.3.